The summed E-state index contributed by atoms with van der Waals surface area (Å²) >= 11 is 7.17. The Bertz CT molecular complexity index is 797. The molecule has 2 aromatic carbocycles. The lowest BCUT2D eigenvalue weighted by molar-refractivity contribution is 0.393. The van der Waals surface area contributed by atoms with Crippen LogP contribution in [0.1, 0.15) is 0 Å². The van der Waals surface area contributed by atoms with Crippen LogP contribution in [0.2, 0.25) is 0 Å². The van der Waals surface area contributed by atoms with E-state index in [1.807, 2.05) is 24.3 Å². The molecule has 0 amide bonds. The molecule has 0 radical (unpaired) electrons. The van der Waals surface area contributed by atoms with Gasteiger partial charge in [0.25, 0.3) is 0 Å². The van der Waals surface area contributed by atoms with Crippen molar-refractivity contribution in [2.24, 2.45) is 0 Å². The van der Waals surface area contributed by atoms with Crippen LogP contribution in [0, 0.1) is 0 Å². The lowest BCUT2D eigenvalue weighted by atomic mass is 10.0. The van der Waals surface area contributed by atoms with Crippen molar-refractivity contribution in [3.63, 3.8) is 0 Å². The topological polar surface area (TPSA) is 34.2 Å². The summed E-state index contributed by atoms with van der Waals surface area (Å²) in [5.41, 5.74) is 3.15. The number of fused-ring (bicyclic) bond motifs is 1. The summed E-state index contributed by atoms with van der Waals surface area (Å²) in [6.45, 7) is 0. The van der Waals surface area contributed by atoms with Crippen molar-refractivity contribution in [3.05, 3.63) is 45.5 Å². The largest absolute Gasteiger partial charge is 0.495 e. The lowest BCUT2D eigenvalue weighted by Crippen LogP contribution is -1.91. The smallest absolute Gasteiger partial charge is 0.146 e. The molecule has 0 fully saturated rings. The van der Waals surface area contributed by atoms with Crippen molar-refractivity contribution in [3.8, 4) is 22.6 Å². The molecule has 0 saturated heterocycles. The molecule has 0 unspecified atom stereocenters. The number of nitrogens with one attached hydrogen (secondary N) is 1. The first-order chi connectivity index (χ1) is 10.2. The van der Waals surface area contributed by atoms with E-state index in [1.54, 1.807) is 14.2 Å². The van der Waals surface area contributed by atoms with E-state index in [0.29, 0.717) is 0 Å². The molecule has 0 bridgehead atoms. The lowest BCUT2D eigenvalue weighted by Gasteiger charge is -2.11. The minimum absolute atomic E-state index is 0.729. The Hall–Kier alpha value is -1.46. The molecule has 1 aromatic heterocycles. The first-order valence-electron chi connectivity index (χ1n) is 6.34. The molecule has 108 valence electrons. The highest BCUT2D eigenvalue weighted by Gasteiger charge is 2.20. The number of benzene rings is 2. The first kappa shape index (κ1) is 14.5. The van der Waals surface area contributed by atoms with Crippen LogP contribution in [0.5, 0.6) is 11.5 Å². The van der Waals surface area contributed by atoms with Crippen LogP contribution >= 0.6 is 31.9 Å². The van der Waals surface area contributed by atoms with Gasteiger partial charge in [-0.25, -0.2) is 0 Å². The zero-order valence-corrected chi connectivity index (χ0v) is 14.7. The van der Waals surface area contributed by atoms with E-state index < -0.39 is 0 Å². The molecule has 0 atom stereocenters. The van der Waals surface area contributed by atoms with E-state index in [-0.39, 0.29) is 0 Å². The van der Waals surface area contributed by atoms with Gasteiger partial charge in [-0.05, 0) is 37.4 Å². The van der Waals surface area contributed by atoms with E-state index in [1.165, 1.54) is 0 Å². The predicted molar refractivity (Wildman–Crippen MR) is 92.2 cm³/mol. The number of ether oxygens (including phenoxy) is 2. The van der Waals surface area contributed by atoms with Gasteiger partial charge in [0.15, 0.2) is 0 Å². The molecule has 3 nitrogen and oxygen atoms in total. The number of hydrogen-bond acceptors (Lipinski definition) is 2. The van der Waals surface area contributed by atoms with Gasteiger partial charge in [0, 0.05) is 11.6 Å². The monoisotopic (exact) mass is 409 g/mol. The summed E-state index contributed by atoms with van der Waals surface area (Å²) in [7, 11) is 3.30. The summed E-state index contributed by atoms with van der Waals surface area (Å²) in [6.07, 6.45) is 0. The van der Waals surface area contributed by atoms with Crippen molar-refractivity contribution in [1.82, 2.24) is 4.98 Å². The third kappa shape index (κ3) is 2.34. The van der Waals surface area contributed by atoms with Crippen molar-refractivity contribution in [2.45, 2.75) is 0 Å². The van der Waals surface area contributed by atoms with Crippen molar-refractivity contribution >= 4 is 42.8 Å². The molecule has 0 aliphatic carbocycles. The number of halogens is 2. The maximum atomic E-state index is 5.61. The SMILES string of the molecule is COc1cc2[nH]c(Br)c(-c3ccccc3)c2c(OC)c1Br. The molecule has 3 aromatic rings. The highest BCUT2D eigenvalue weighted by Crippen LogP contribution is 2.47. The molecule has 0 saturated carbocycles. The average molecular weight is 411 g/mol. The first-order valence-corrected chi connectivity index (χ1v) is 7.93. The van der Waals surface area contributed by atoms with Gasteiger partial charge in [0.05, 0.1) is 29.7 Å². The zero-order chi connectivity index (χ0) is 15.0. The van der Waals surface area contributed by atoms with Gasteiger partial charge in [0.1, 0.15) is 16.0 Å². The van der Waals surface area contributed by atoms with Gasteiger partial charge >= 0.3 is 0 Å². The van der Waals surface area contributed by atoms with Crippen LogP contribution in [0.25, 0.3) is 22.0 Å². The van der Waals surface area contributed by atoms with Crippen LogP contribution in [-0.2, 0) is 0 Å². The summed E-state index contributed by atoms with van der Waals surface area (Å²) in [5, 5.41) is 1.02. The number of rotatable bonds is 3. The van der Waals surface area contributed by atoms with Gasteiger partial charge in [-0.3, -0.25) is 0 Å². The quantitative estimate of drug-likeness (QED) is 0.629. The highest BCUT2D eigenvalue weighted by molar-refractivity contribution is 9.11. The van der Waals surface area contributed by atoms with Crippen molar-refractivity contribution in [2.75, 3.05) is 14.2 Å². The molecule has 3 rings (SSSR count). The van der Waals surface area contributed by atoms with Crippen LogP contribution < -0.4 is 9.47 Å². The third-order valence-electron chi connectivity index (χ3n) is 3.39. The molecule has 0 aliphatic heterocycles. The van der Waals surface area contributed by atoms with Gasteiger partial charge in [-0.2, -0.15) is 0 Å². The molecular formula is C16H13Br2NO2. The Balaban J connectivity index is 2.41. The number of methoxy groups -OCH3 is 2. The molecule has 1 heterocycles. The second kappa shape index (κ2) is 5.73. The molecule has 1 N–H and O–H groups in total. The fourth-order valence-corrected chi connectivity index (χ4v) is 3.74. The maximum absolute atomic E-state index is 5.61. The van der Waals surface area contributed by atoms with E-state index >= 15 is 0 Å². The van der Waals surface area contributed by atoms with Crippen LogP contribution in [0.15, 0.2) is 45.5 Å². The zero-order valence-electron chi connectivity index (χ0n) is 11.5. The summed E-state index contributed by atoms with van der Waals surface area (Å²) < 4.78 is 12.7. The highest BCUT2D eigenvalue weighted by atomic mass is 79.9. The molecule has 0 spiro atoms. The van der Waals surface area contributed by atoms with Gasteiger partial charge in [-0.15, -0.1) is 0 Å². The molecule has 0 aliphatic rings. The number of aromatic nitrogens is 1. The van der Waals surface area contributed by atoms with Gasteiger partial charge in [0.2, 0.25) is 0 Å². The maximum Gasteiger partial charge on any atom is 0.146 e. The van der Waals surface area contributed by atoms with Gasteiger partial charge < -0.3 is 14.5 Å². The molecule has 21 heavy (non-hydrogen) atoms. The average Bonchev–Trinajstić information content (AvgIpc) is 2.83. The second-order valence-electron chi connectivity index (χ2n) is 4.53. The van der Waals surface area contributed by atoms with E-state index in [0.717, 1.165) is 42.6 Å². The number of H-pyrrole nitrogens is 1. The molecular weight excluding hydrogens is 398 g/mol. The summed E-state index contributed by atoms with van der Waals surface area (Å²) in [6, 6.07) is 12.1. The second-order valence-corrected chi connectivity index (χ2v) is 6.11. The Morgan fingerprint density at radius 2 is 1.71 bits per heavy atom. The minimum atomic E-state index is 0.729. The van der Waals surface area contributed by atoms with Crippen LogP contribution in [-0.4, -0.2) is 19.2 Å². The summed E-state index contributed by atoms with van der Waals surface area (Å²) in [4.78, 5) is 3.34. The van der Waals surface area contributed by atoms with Gasteiger partial charge in [-0.1, -0.05) is 30.3 Å². The normalized spacial score (nSPS) is 10.9. The fraction of sp³-hybridized carbons (Fsp3) is 0.125. The number of hydrogen-bond donors (Lipinski definition) is 1. The third-order valence-corrected chi connectivity index (χ3v) is 4.73. The van der Waals surface area contributed by atoms with Crippen molar-refractivity contribution in [1.29, 1.82) is 0 Å². The predicted octanol–water partition coefficient (Wildman–Crippen LogP) is 5.38. The number of aromatic amines is 1. The standard InChI is InChI=1S/C16H13Br2NO2/c1-20-11-8-10-13(15(21-2)14(11)17)12(16(18)19-10)9-6-4-3-5-7-9/h3-8,19H,1-2H3. The minimum Gasteiger partial charge on any atom is -0.495 e. The van der Waals surface area contributed by atoms with E-state index in [2.05, 4.69) is 49.0 Å². The van der Waals surface area contributed by atoms with E-state index in [9.17, 15) is 0 Å². The van der Waals surface area contributed by atoms with Crippen molar-refractivity contribution < 1.29 is 9.47 Å². The Morgan fingerprint density at radius 3 is 2.33 bits per heavy atom. The Morgan fingerprint density at radius 1 is 1.00 bits per heavy atom. The Kier molecular flexibility index (Phi) is 3.95. The van der Waals surface area contributed by atoms with E-state index in [4.69, 9.17) is 9.47 Å². The van der Waals surface area contributed by atoms with Crippen LogP contribution in [0.3, 0.4) is 0 Å². The Labute approximate surface area is 139 Å². The summed E-state index contributed by atoms with van der Waals surface area (Å²) in [5.74, 6) is 1.48. The van der Waals surface area contributed by atoms with Crippen LogP contribution in [0.4, 0.5) is 0 Å². The fourth-order valence-electron chi connectivity index (χ4n) is 2.46. The molecule has 5 heteroatoms.